The highest BCUT2D eigenvalue weighted by Crippen LogP contribution is 2.19. The molecular formula is C20H15ClN4O5S. The molecule has 0 aromatic heterocycles. The molecule has 1 amide bonds. The van der Waals surface area contributed by atoms with Gasteiger partial charge in [0.25, 0.3) is 21.6 Å². The summed E-state index contributed by atoms with van der Waals surface area (Å²) in [6.45, 7) is 0. The minimum Gasteiger partial charge on any atom is -0.280 e. The molecule has 0 aliphatic rings. The smallest absolute Gasteiger partial charge is 0.271 e. The number of nitro groups is 1. The highest BCUT2D eigenvalue weighted by atomic mass is 35.5. The van der Waals surface area contributed by atoms with Crippen molar-refractivity contribution in [1.82, 2.24) is 5.43 Å². The third kappa shape index (κ3) is 5.87. The van der Waals surface area contributed by atoms with Gasteiger partial charge in [-0.15, -0.1) is 0 Å². The van der Waals surface area contributed by atoms with E-state index in [2.05, 4.69) is 15.2 Å². The number of nitrogens with zero attached hydrogens (tertiary/aromatic N) is 2. The predicted octanol–water partition coefficient (Wildman–Crippen LogP) is 3.81. The number of benzene rings is 3. The number of nitrogens with one attached hydrogen (secondary N) is 2. The quantitative estimate of drug-likeness (QED) is 0.315. The Balaban J connectivity index is 1.71. The maximum absolute atomic E-state index is 12.6. The predicted molar refractivity (Wildman–Crippen MR) is 117 cm³/mol. The molecule has 11 heteroatoms. The standard InChI is InChI=1S/C20H15ClN4O5S/c21-16-7-9-17(10-8-16)24-31(29,30)19-6-2-4-15(12-19)20(26)23-22-13-14-3-1-5-18(11-14)25(27)28/h1-13,24H,(H,23,26)/b22-13-. The summed E-state index contributed by atoms with van der Waals surface area (Å²) in [7, 11) is -3.93. The van der Waals surface area contributed by atoms with Crippen molar-refractivity contribution in [3.8, 4) is 0 Å². The second kappa shape index (κ2) is 9.37. The van der Waals surface area contributed by atoms with E-state index in [-0.39, 0.29) is 16.1 Å². The van der Waals surface area contributed by atoms with Gasteiger partial charge in [-0.25, -0.2) is 13.8 Å². The molecule has 9 nitrogen and oxygen atoms in total. The van der Waals surface area contributed by atoms with E-state index >= 15 is 0 Å². The first-order chi connectivity index (χ1) is 14.7. The molecule has 0 aliphatic heterocycles. The van der Waals surface area contributed by atoms with Gasteiger partial charge < -0.3 is 0 Å². The Morgan fingerprint density at radius 1 is 1.03 bits per heavy atom. The van der Waals surface area contributed by atoms with Crippen molar-refractivity contribution in [3.05, 3.63) is 99.1 Å². The van der Waals surface area contributed by atoms with Crippen molar-refractivity contribution < 1.29 is 18.1 Å². The molecule has 0 spiro atoms. The number of hydrogen-bond donors (Lipinski definition) is 2. The molecule has 0 aliphatic carbocycles. The Bertz CT molecular complexity index is 1260. The van der Waals surface area contributed by atoms with Crippen LogP contribution in [0.3, 0.4) is 0 Å². The molecule has 3 aromatic rings. The van der Waals surface area contributed by atoms with Crippen LogP contribution in [0, 0.1) is 10.1 Å². The average molecular weight is 459 g/mol. The van der Waals surface area contributed by atoms with Gasteiger partial charge in [0.1, 0.15) is 0 Å². The molecule has 0 heterocycles. The van der Waals surface area contributed by atoms with Crippen LogP contribution in [0.2, 0.25) is 5.02 Å². The Morgan fingerprint density at radius 2 is 1.74 bits per heavy atom. The zero-order valence-electron chi connectivity index (χ0n) is 15.7. The lowest BCUT2D eigenvalue weighted by atomic mass is 10.2. The van der Waals surface area contributed by atoms with E-state index in [0.29, 0.717) is 16.3 Å². The molecule has 2 N–H and O–H groups in total. The van der Waals surface area contributed by atoms with Crippen LogP contribution in [-0.2, 0) is 10.0 Å². The molecule has 0 atom stereocenters. The monoisotopic (exact) mass is 458 g/mol. The van der Waals surface area contributed by atoms with Crippen molar-refractivity contribution in [2.24, 2.45) is 5.10 Å². The first kappa shape index (κ1) is 21.9. The number of non-ortho nitro benzene ring substituents is 1. The Labute approximate surface area is 182 Å². The number of carbonyl (C=O) groups excluding carboxylic acids is 1. The number of sulfonamides is 1. The van der Waals surface area contributed by atoms with Crippen LogP contribution in [0.25, 0.3) is 0 Å². The number of anilines is 1. The first-order valence-corrected chi connectivity index (χ1v) is 10.6. The molecule has 0 radical (unpaired) electrons. The van der Waals surface area contributed by atoms with Gasteiger partial charge in [0.15, 0.2) is 0 Å². The zero-order chi connectivity index (χ0) is 22.4. The van der Waals surface area contributed by atoms with Gasteiger partial charge >= 0.3 is 0 Å². The summed E-state index contributed by atoms with van der Waals surface area (Å²) in [5.41, 5.74) is 2.95. The van der Waals surface area contributed by atoms with Gasteiger partial charge in [-0.1, -0.05) is 29.8 Å². The number of halogens is 1. The molecule has 3 rings (SSSR count). The molecular weight excluding hydrogens is 444 g/mol. The lowest BCUT2D eigenvalue weighted by Gasteiger charge is -2.09. The molecule has 0 unspecified atom stereocenters. The summed E-state index contributed by atoms with van der Waals surface area (Å²) in [6.07, 6.45) is 1.24. The molecule has 0 saturated heterocycles. The number of hydrogen-bond acceptors (Lipinski definition) is 6. The van der Waals surface area contributed by atoms with Crippen molar-refractivity contribution in [1.29, 1.82) is 0 Å². The summed E-state index contributed by atoms with van der Waals surface area (Å²) >= 11 is 5.79. The van der Waals surface area contributed by atoms with Crippen molar-refractivity contribution >= 4 is 45.1 Å². The highest BCUT2D eigenvalue weighted by Gasteiger charge is 2.16. The van der Waals surface area contributed by atoms with Crippen LogP contribution in [0.5, 0.6) is 0 Å². The fourth-order valence-corrected chi connectivity index (χ4v) is 3.72. The Morgan fingerprint density at radius 3 is 2.45 bits per heavy atom. The maximum Gasteiger partial charge on any atom is 0.271 e. The molecule has 3 aromatic carbocycles. The average Bonchev–Trinajstić information content (AvgIpc) is 2.75. The number of hydrazone groups is 1. The lowest BCUT2D eigenvalue weighted by molar-refractivity contribution is -0.384. The normalized spacial score (nSPS) is 11.3. The SMILES string of the molecule is O=C(N/N=C\c1cccc([N+](=O)[O-])c1)c1cccc(S(=O)(=O)Nc2ccc(Cl)cc2)c1. The van der Waals surface area contributed by atoms with E-state index < -0.39 is 20.9 Å². The third-order valence-electron chi connectivity index (χ3n) is 3.96. The summed E-state index contributed by atoms with van der Waals surface area (Å²) in [4.78, 5) is 22.5. The van der Waals surface area contributed by atoms with Crippen LogP contribution >= 0.6 is 11.6 Å². The van der Waals surface area contributed by atoms with Gasteiger partial charge in [-0.05, 0) is 42.5 Å². The van der Waals surface area contributed by atoms with Gasteiger partial charge in [-0.3, -0.25) is 19.6 Å². The van der Waals surface area contributed by atoms with Gasteiger partial charge in [-0.2, -0.15) is 5.10 Å². The minimum absolute atomic E-state index is 0.0650. The van der Waals surface area contributed by atoms with E-state index in [1.807, 2.05) is 0 Å². The lowest BCUT2D eigenvalue weighted by Crippen LogP contribution is -2.19. The van der Waals surface area contributed by atoms with Gasteiger partial charge in [0.2, 0.25) is 0 Å². The van der Waals surface area contributed by atoms with Crippen LogP contribution in [0.15, 0.2) is 82.8 Å². The zero-order valence-corrected chi connectivity index (χ0v) is 17.3. The highest BCUT2D eigenvalue weighted by molar-refractivity contribution is 7.92. The second-order valence-corrected chi connectivity index (χ2v) is 8.31. The fourth-order valence-electron chi connectivity index (χ4n) is 2.49. The number of carbonyl (C=O) groups is 1. The minimum atomic E-state index is -3.93. The summed E-state index contributed by atoms with van der Waals surface area (Å²) < 4.78 is 27.6. The van der Waals surface area contributed by atoms with E-state index in [9.17, 15) is 23.3 Å². The van der Waals surface area contributed by atoms with E-state index in [1.165, 1.54) is 60.8 Å². The van der Waals surface area contributed by atoms with Crippen LogP contribution < -0.4 is 10.1 Å². The van der Waals surface area contributed by atoms with Crippen LogP contribution in [-0.4, -0.2) is 25.5 Å². The first-order valence-electron chi connectivity index (χ1n) is 8.71. The van der Waals surface area contributed by atoms with Gasteiger partial charge in [0.05, 0.1) is 16.0 Å². The Kier molecular flexibility index (Phi) is 6.63. The Hall–Kier alpha value is -3.76. The van der Waals surface area contributed by atoms with Crippen molar-refractivity contribution in [3.63, 3.8) is 0 Å². The van der Waals surface area contributed by atoms with E-state index in [1.54, 1.807) is 18.2 Å². The third-order valence-corrected chi connectivity index (χ3v) is 5.59. The fraction of sp³-hybridized carbons (Fsp3) is 0. The van der Waals surface area contributed by atoms with E-state index in [0.717, 1.165) is 0 Å². The number of amides is 1. The molecule has 0 saturated carbocycles. The largest absolute Gasteiger partial charge is 0.280 e. The number of rotatable bonds is 7. The molecule has 31 heavy (non-hydrogen) atoms. The summed E-state index contributed by atoms with van der Waals surface area (Å²) in [5.74, 6) is -0.648. The molecule has 0 fully saturated rings. The molecule has 158 valence electrons. The van der Waals surface area contributed by atoms with Crippen LogP contribution in [0.1, 0.15) is 15.9 Å². The van der Waals surface area contributed by atoms with Crippen molar-refractivity contribution in [2.45, 2.75) is 4.90 Å². The number of nitro benzene ring substituents is 1. The van der Waals surface area contributed by atoms with Crippen molar-refractivity contribution in [2.75, 3.05) is 4.72 Å². The molecule has 0 bridgehead atoms. The summed E-state index contributed by atoms with van der Waals surface area (Å²) in [6, 6.07) is 17.2. The van der Waals surface area contributed by atoms with Crippen LogP contribution in [0.4, 0.5) is 11.4 Å². The second-order valence-electron chi connectivity index (χ2n) is 6.19. The maximum atomic E-state index is 12.6. The van der Waals surface area contributed by atoms with Gasteiger partial charge in [0, 0.05) is 34.0 Å². The van der Waals surface area contributed by atoms with E-state index in [4.69, 9.17) is 11.6 Å². The summed E-state index contributed by atoms with van der Waals surface area (Å²) in [5, 5.41) is 15.0. The topological polar surface area (TPSA) is 131 Å².